The SMILES string of the molecule is O=C1CS[C@@H](c2cccnc2)N1c1ccc(Oc2ccccc2)cc1. The number of pyridine rings is 1. The van der Waals surface area contributed by atoms with Crippen molar-refractivity contribution < 1.29 is 9.53 Å². The van der Waals surface area contributed by atoms with E-state index in [-0.39, 0.29) is 11.3 Å². The van der Waals surface area contributed by atoms with Crippen LogP contribution in [-0.2, 0) is 4.79 Å². The maximum atomic E-state index is 12.4. The maximum absolute atomic E-state index is 12.4. The number of thioether (sulfide) groups is 1. The number of amides is 1. The molecule has 0 bridgehead atoms. The predicted molar refractivity (Wildman–Crippen MR) is 99.9 cm³/mol. The van der Waals surface area contributed by atoms with Gasteiger partial charge in [-0.05, 0) is 42.5 Å². The van der Waals surface area contributed by atoms with E-state index in [1.807, 2.05) is 77.8 Å². The maximum Gasteiger partial charge on any atom is 0.238 e. The van der Waals surface area contributed by atoms with Gasteiger partial charge in [0.1, 0.15) is 16.9 Å². The lowest BCUT2D eigenvalue weighted by Gasteiger charge is -2.24. The van der Waals surface area contributed by atoms with Crippen LogP contribution in [0.3, 0.4) is 0 Å². The molecule has 25 heavy (non-hydrogen) atoms. The molecule has 4 rings (SSSR count). The molecule has 0 aliphatic carbocycles. The Kier molecular flexibility index (Phi) is 4.39. The molecular weight excluding hydrogens is 332 g/mol. The third-order valence-corrected chi connectivity index (χ3v) is 5.14. The molecule has 124 valence electrons. The number of aromatic nitrogens is 1. The van der Waals surface area contributed by atoms with Crippen molar-refractivity contribution in [2.24, 2.45) is 0 Å². The number of hydrogen-bond acceptors (Lipinski definition) is 4. The number of anilines is 1. The number of carbonyl (C=O) groups is 1. The van der Waals surface area contributed by atoms with Crippen LogP contribution in [-0.4, -0.2) is 16.6 Å². The van der Waals surface area contributed by atoms with Crippen molar-refractivity contribution >= 4 is 23.4 Å². The second-order valence-electron chi connectivity index (χ2n) is 5.62. The molecular formula is C20H16N2O2S. The fraction of sp³-hybridized carbons (Fsp3) is 0.100. The lowest BCUT2D eigenvalue weighted by Crippen LogP contribution is -2.27. The summed E-state index contributed by atoms with van der Waals surface area (Å²) in [5.41, 5.74) is 1.90. The third kappa shape index (κ3) is 3.37. The van der Waals surface area contributed by atoms with Crippen molar-refractivity contribution in [3.05, 3.63) is 84.7 Å². The highest BCUT2D eigenvalue weighted by molar-refractivity contribution is 8.00. The van der Waals surface area contributed by atoms with Gasteiger partial charge in [-0.25, -0.2) is 0 Å². The number of para-hydroxylation sites is 1. The fourth-order valence-corrected chi connectivity index (χ4v) is 3.93. The minimum Gasteiger partial charge on any atom is -0.457 e. The number of hydrogen-bond donors (Lipinski definition) is 0. The van der Waals surface area contributed by atoms with Crippen LogP contribution in [0.1, 0.15) is 10.9 Å². The molecule has 2 aromatic carbocycles. The summed E-state index contributed by atoms with van der Waals surface area (Å²) in [5, 5.41) is -0.0397. The van der Waals surface area contributed by atoms with E-state index in [0.29, 0.717) is 5.75 Å². The third-order valence-electron chi connectivity index (χ3n) is 3.93. The number of benzene rings is 2. The van der Waals surface area contributed by atoms with Crippen molar-refractivity contribution in [1.29, 1.82) is 0 Å². The lowest BCUT2D eigenvalue weighted by atomic mass is 10.2. The van der Waals surface area contributed by atoms with Crippen molar-refractivity contribution in [3.63, 3.8) is 0 Å². The van der Waals surface area contributed by atoms with Crippen LogP contribution in [0.4, 0.5) is 5.69 Å². The molecule has 1 amide bonds. The zero-order valence-electron chi connectivity index (χ0n) is 13.4. The molecule has 0 spiro atoms. The van der Waals surface area contributed by atoms with E-state index in [1.54, 1.807) is 18.0 Å². The van der Waals surface area contributed by atoms with Crippen LogP contribution >= 0.6 is 11.8 Å². The van der Waals surface area contributed by atoms with Crippen LogP contribution in [0.2, 0.25) is 0 Å². The molecule has 1 aliphatic heterocycles. The first kappa shape index (κ1) is 15.7. The Morgan fingerprint density at radius 3 is 2.44 bits per heavy atom. The smallest absolute Gasteiger partial charge is 0.238 e. The highest BCUT2D eigenvalue weighted by atomic mass is 32.2. The highest BCUT2D eigenvalue weighted by Crippen LogP contribution is 2.41. The summed E-state index contributed by atoms with van der Waals surface area (Å²) in [6.07, 6.45) is 3.56. The van der Waals surface area contributed by atoms with E-state index in [1.165, 1.54) is 0 Å². The topological polar surface area (TPSA) is 42.4 Å². The molecule has 4 nitrogen and oxygen atoms in total. The van der Waals surface area contributed by atoms with Crippen molar-refractivity contribution in [2.45, 2.75) is 5.37 Å². The van der Waals surface area contributed by atoms with Crippen molar-refractivity contribution in [3.8, 4) is 11.5 Å². The number of rotatable bonds is 4. The molecule has 0 unspecified atom stereocenters. The van der Waals surface area contributed by atoms with E-state index in [4.69, 9.17) is 4.74 Å². The van der Waals surface area contributed by atoms with E-state index >= 15 is 0 Å². The Labute approximate surface area is 150 Å². The Morgan fingerprint density at radius 2 is 1.72 bits per heavy atom. The van der Waals surface area contributed by atoms with Crippen LogP contribution in [0.5, 0.6) is 11.5 Å². The van der Waals surface area contributed by atoms with Crippen LogP contribution < -0.4 is 9.64 Å². The summed E-state index contributed by atoms with van der Waals surface area (Å²) >= 11 is 1.62. The number of nitrogens with zero attached hydrogens (tertiary/aromatic N) is 2. The van der Waals surface area contributed by atoms with Gasteiger partial charge in [-0.2, -0.15) is 0 Å². The van der Waals surface area contributed by atoms with Gasteiger partial charge in [-0.1, -0.05) is 24.3 Å². The minimum absolute atomic E-state index is 0.0397. The molecule has 0 radical (unpaired) electrons. The van der Waals surface area contributed by atoms with Crippen molar-refractivity contribution in [2.75, 3.05) is 10.7 Å². The fourth-order valence-electron chi connectivity index (χ4n) is 2.77. The Balaban J connectivity index is 1.57. The molecule has 1 aliphatic rings. The van der Waals surface area contributed by atoms with Gasteiger partial charge < -0.3 is 4.74 Å². The molecule has 0 saturated carbocycles. The van der Waals surface area contributed by atoms with Gasteiger partial charge in [-0.15, -0.1) is 11.8 Å². The highest BCUT2D eigenvalue weighted by Gasteiger charge is 2.34. The average Bonchev–Trinajstić information content (AvgIpc) is 3.05. The van der Waals surface area contributed by atoms with E-state index in [2.05, 4.69) is 4.98 Å². The molecule has 3 aromatic rings. The van der Waals surface area contributed by atoms with E-state index in [0.717, 1.165) is 22.7 Å². The molecule has 5 heteroatoms. The number of carbonyl (C=O) groups excluding carboxylic acids is 1. The summed E-state index contributed by atoms with van der Waals surface area (Å²) < 4.78 is 5.82. The van der Waals surface area contributed by atoms with Gasteiger partial charge >= 0.3 is 0 Å². The molecule has 1 atom stereocenters. The summed E-state index contributed by atoms with van der Waals surface area (Å²) in [7, 11) is 0. The largest absolute Gasteiger partial charge is 0.457 e. The Bertz CT molecular complexity index is 854. The Hall–Kier alpha value is -2.79. The zero-order chi connectivity index (χ0) is 17.1. The summed E-state index contributed by atoms with van der Waals surface area (Å²) in [6, 6.07) is 21.2. The van der Waals surface area contributed by atoms with Gasteiger partial charge in [0.2, 0.25) is 5.91 Å². The second-order valence-corrected chi connectivity index (χ2v) is 6.69. The number of ether oxygens (including phenoxy) is 1. The zero-order valence-corrected chi connectivity index (χ0v) is 14.2. The minimum atomic E-state index is -0.0397. The second kappa shape index (κ2) is 6.99. The standard InChI is InChI=1S/C20H16N2O2S/c23-19-14-25-20(15-5-4-12-21-13-15)22(19)16-8-10-18(11-9-16)24-17-6-2-1-3-7-17/h1-13,20H,14H2/t20-/m0/s1. The molecule has 1 saturated heterocycles. The summed E-state index contributed by atoms with van der Waals surface area (Å²) in [4.78, 5) is 18.4. The van der Waals surface area contributed by atoms with Gasteiger partial charge in [-0.3, -0.25) is 14.7 Å². The molecule has 1 aromatic heterocycles. The van der Waals surface area contributed by atoms with Gasteiger partial charge in [0.05, 0.1) is 5.75 Å². The van der Waals surface area contributed by atoms with Crippen molar-refractivity contribution in [1.82, 2.24) is 4.98 Å². The quantitative estimate of drug-likeness (QED) is 0.688. The first-order chi connectivity index (χ1) is 12.3. The first-order valence-corrected chi connectivity index (χ1v) is 9.03. The van der Waals surface area contributed by atoms with Crippen LogP contribution in [0.15, 0.2) is 79.1 Å². The molecule has 2 heterocycles. The van der Waals surface area contributed by atoms with Crippen LogP contribution in [0, 0.1) is 0 Å². The van der Waals surface area contributed by atoms with Gasteiger partial charge in [0, 0.05) is 23.6 Å². The Morgan fingerprint density at radius 1 is 0.960 bits per heavy atom. The van der Waals surface area contributed by atoms with E-state index < -0.39 is 0 Å². The van der Waals surface area contributed by atoms with Gasteiger partial charge in [0.25, 0.3) is 0 Å². The summed E-state index contributed by atoms with van der Waals surface area (Å²) in [5.74, 6) is 2.11. The van der Waals surface area contributed by atoms with Crippen LogP contribution in [0.25, 0.3) is 0 Å². The predicted octanol–water partition coefficient (Wildman–Crippen LogP) is 4.65. The average molecular weight is 348 g/mol. The summed E-state index contributed by atoms with van der Waals surface area (Å²) in [6.45, 7) is 0. The normalized spacial score (nSPS) is 16.9. The molecule has 0 N–H and O–H groups in total. The monoisotopic (exact) mass is 348 g/mol. The van der Waals surface area contributed by atoms with E-state index in [9.17, 15) is 4.79 Å². The lowest BCUT2D eigenvalue weighted by molar-refractivity contribution is -0.115. The first-order valence-electron chi connectivity index (χ1n) is 7.98. The van der Waals surface area contributed by atoms with Gasteiger partial charge in [0.15, 0.2) is 0 Å². The molecule has 1 fully saturated rings.